The first-order valence-corrected chi connectivity index (χ1v) is 3.38. The number of halogens is 1. The molecule has 0 saturated carbocycles. The number of carbonyl (C=O) groups excluding carboxylic acids is 1. The first kappa shape index (κ1) is 8.01. The van der Waals surface area contributed by atoms with Gasteiger partial charge in [0, 0.05) is 6.07 Å². The number of pyridine rings is 1. The molecule has 4 heteroatoms. The number of hydrogen-bond acceptors (Lipinski definition) is 2. The molecule has 3 nitrogen and oxygen atoms in total. The van der Waals surface area contributed by atoms with Gasteiger partial charge in [0.1, 0.15) is 0 Å². The zero-order valence-electron chi connectivity index (χ0n) is 5.87. The van der Waals surface area contributed by atoms with Gasteiger partial charge < -0.3 is 5.21 Å². The highest BCUT2D eigenvalue weighted by Crippen LogP contribution is 2.03. The first-order valence-electron chi connectivity index (χ1n) is 3.01. The van der Waals surface area contributed by atoms with Crippen molar-refractivity contribution in [1.29, 1.82) is 0 Å². The highest BCUT2D eigenvalue weighted by Gasteiger charge is 2.05. The molecule has 0 radical (unpaired) electrons. The van der Waals surface area contributed by atoms with E-state index in [1.807, 2.05) is 0 Å². The number of Topliss-reactive ketones (excluding diaryl/α,β-unsaturated/α-hetero) is 1. The molecule has 0 atom stereocenters. The van der Waals surface area contributed by atoms with Crippen molar-refractivity contribution >= 4 is 17.4 Å². The van der Waals surface area contributed by atoms with E-state index in [-0.39, 0.29) is 10.9 Å². The predicted octanol–water partition coefficient (Wildman–Crippen LogP) is 1.18. The van der Waals surface area contributed by atoms with E-state index >= 15 is 0 Å². The minimum absolute atomic E-state index is 0.0648. The van der Waals surface area contributed by atoms with Gasteiger partial charge in [0.2, 0.25) is 0 Å². The van der Waals surface area contributed by atoms with Crippen LogP contribution in [0.2, 0.25) is 5.15 Å². The third-order valence-corrected chi connectivity index (χ3v) is 1.57. The number of rotatable bonds is 1. The van der Waals surface area contributed by atoms with Gasteiger partial charge in [-0.25, -0.2) is 0 Å². The summed E-state index contributed by atoms with van der Waals surface area (Å²) in [6.45, 7) is 1.39. The van der Waals surface area contributed by atoms with E-state index in [1.165, 1.54) is 19.1 Å². The number of ketones is 1. The third-order valence-electron chi connectivity index (χ3n) is 1.27. The lowest BCUT2D eigenvalue weighted by Gasteiger charge is -1.98. The van der Waals surface area contributed by atoms with Gasteiger partial charge in [-0.1, -0.05) is 0 Å². The van der Waals surface area contributed by atoms with Gasteiger partial charge in [-0.2, -0.15) is 4.73 Å². The molecule has 0 aliphatic heterocycles. The summed E-state index contributed by atoms with van der Waals surface area (Å²) in [5.41, 5.74) is 0.365. The van der Waals surface area contributed by atoms with Crippen molar-refractivity contribution in [2.75, 3.05) is 0 Å². The van der Waals surface area contributed by atoms with Crippen LogP contribution in [0.5, 0.6) is 0 Å². The topological polar surface area (TPSA) is 44.0 Å². The molecule has 0 unspecified atom stereocenters. The maximum Gasteiger partial charge on any atom is 0.286 e. The third kappa shape index (κ3) is 1.68. The van der Waals surface area contributed by atoms with Crippen LogP contribution in [-0.2, 0) is 0 Å². The van der Waals surface area contributed by atoms with Crippen molar-refractivity contribution < 1.29 is 9.52 Å². The zero-order valence-corrected chi connectivity index (χ0v) is 6.63. The molecular weight excluding hydrogens is 166 g/mol. The largest absolute Gasteiger partial charge is 0.618 e. The molecule has 0 aliphatic carbocycles. The molecule has 0 amide bonds. The Labute approximate surface area is 68.8 Å². The van der Waals surface area contributed by atoms with Crippen molar-refractivity contribution in [2.24, 2.45) is 0 Å². The van der Waals surface area contributed by atoms with Crippen LogP contribution in [0.1, 0.15) is 17.3 Å². The molecule has 1 aromatic rings. The fourth-order valence-corrected chi connectivity index (χ4v) is 0.783. The highest BCUT2D eigenvalue weighted by atomic mass is 35.5. The van der Waals surface area contributed by atoms with Crippen molar-refractivity contribution in [3.8, 4) is 0 Å². The first-order chi connectivity index (χ1) is 5.11. The van der Waals surface area contributed by atoms with E-state index in [0.717, 1.165) is 6.20 Å². The standard InChI is InChI=1S/C7H6ClNO2/c1-5(10)6-2-3-7(8)9(11)4-6/h2-4H,1H3. The quantitative estimate of drug-likeness (QED) is 0.276. The lowest BCUT2D eigenvalue weighted by Crippen LogP contribution is -2.27. The predicted molar refractivity (Wildman–Crippen MR) is 40.4 cm³/mol. The normalized spacial score (nSPS) is 9.64. The van der Waals surface area contributed by atoms with Crippen LogP contribution in [0, 0.1) is 5.21 Å². The van der Waals surface area contributed by atoms with E-state index < -0.39 is 0 Å². The fraction of sp³-hybridized carbons (Fsp3) is 0.143. The van der Waals surface area contributed by atoms with E-state index in [4.69, 9.17) is 11.6 Å². The molecule has 1 heterocycles. The summed E-state index contributed by atoms with van der Waals surface area (Å²) in [4.78, 5) is 10.7. The van der Waals surface area contributed by atoms with Gasteiger partial charge in [-0.15, -0.1) is 0 Å². The van der Waals surface area contributed by atoms with E-state index in [1.54, 1.807) is 0 Å². The highest BCUT2D eigenvalue weighted by molar-refractivity contribution is 6.28. The molecule has 0 saturated heterocycles. The molecule has 0 aliphatic rings. The fourth-order valence-electron chi connectivity index (χ4n) is 0.671. The van der Waals surface area contributed by atoms with Crippen molar-refractivity contribution in [2.45, 2.75) is 6.92 Å². The number of aromatic nitrogens is 1. The van der Waals surface area contributed by atoms with E-state index in [9.17, 15) is 10.0 Å². The summed E-state index contributed by atoms with van der Waals surface area (Å²) in [7, 11) is 0. The van der Waals surface area contributed by atoms with Gasteiger partial charge in [0.15, 0.2) is 12.0 Å². The summed E-state index contributed by atoms with van der Waals surface area (Å²) in [6.07, 6.45) is 1.16. The molecule has 0 fully saturated rings. The molecular formula is C7H6ClNO2. The number of carbonyl (C=O) groups is 1. The van der Waals surface area contributed by atoms with Crippen molar-refractivity contribution in [1.82, 2.24) is 0 Å². The maximum absolute atomic E-state index is 10.8. The summed E-state index contributed by atoms with van der Waals surface area (Å²) in [5.74, 6) is -0.147. The molecule has 0 bridgehead atoms. The van der Waals surface area contributed by atoms with Crippen molar-refractivity contribution in [3.05, 3.63) is 34.3 Å². The Hall–Kier alpha value is -1.09. The van der Waals surface area contributed by atoms with Crippen LogP contribution in [0.15, 0.2) is 18.3 Å². The van der Waals surface area contributed by atoms with Crippen LogP contribution in [0.4, 0.5) is 0 Å². The Morgan fingerprint density at radius 1 is 1.64 bits per heavy atom. The molecule has 0 spiro atoms. The minimum Gasteiger partial charge on any atom is -0.618 e. The SMILES string of the molecule is CC(=O)c1ccc(Cl)[n+]([O-])c1. The summed E-state index contributed by atoms with van der Waals surface area (Å²) >= 11 is 5.42. The molecule has 0 aromatic carbocycles. The molecule has 0 N–H and O–H groups in total. The summed E-state index contributed by atoms with van der Waals surface area (Å²) in [6, 6.07) is 2.91. The lowest BCUT2D eigenvalue weighted by atomic mass is 10.2. The van der Waals surface area contributed by atoms with Gasteiger partial charge in [0.25, 0.3) is 5.15 Å². The zero-order chi connectivity index (χ0) is 8.43. The minimum atomic E-state index is -0.147. The lowest BCUT2D eigenvalue weighted by molar-refractivity contribution is -0.603. The Kier molecular flexibility index (Phi) is 2.10. The Balaban J connectivity index is 3.15. The Morgan fingerprint density at radius 2 is 2.27 bits per heavy atom. The van der Waals surface area contributed by atoms with E-state index in [2.05, 4.69) is 0 Å². The number of nitrogens with zero attached hydrogens (tertiary/aromatic N) is 1. The summed E-state index contributed by atoms with van der Waals surface area (Å²) in [5, 5.41) is 10.8. The average Bonchev–Trinajstić information content (AvgIpc) is 1.94. The van der Waals surface area contributed by atoms with Crippen LogP contribution in [0.3, 0.4) is 0 Å². The van der Waals surface area contributed by atoms with E-state index in [0.29, 0.717) is 10.3 Å². The Bertz CT molecular complexity index is 298. The van der Waals surface area contributed by atoms with Crippen LogP contribution in [-0.4, -0.2) is 5.78 Å². The smallest absolute Gasteiger partial charge is 0.286 e. The van der Waals surface area contributed by atoms with Crippen molar-refractivity contribution in [3.63, 3.8) is 0 Å². The molecule has 1 rings (SSSR count). The van der Waals surface area contributed by atoms with Gasteiger partial charge >= 0.3 is 0 Å². The van der Waals surface area contributed by atoms with Crippen LogP contribution >= 0.6 is 11.6 Å². The van der Waals surface area contributed by atoms with Crippen LogP contribution in [0.25, 0.3) is 0 Å². The second kappa shape index (κ2) is 2.88. The second-order valence-electron chi connectivity index (χ2n) is 2.12. The second-order valence-corrected chi connectivity index (χ2v) is 2.51. The van der Waals surface area contributed by atoms with Crippen LogP contribution < -0.4 is 4.73 Å². The molecule has 11 heavy (non-hydrogen) atoms. The molecule has 58 valence electrons. The average molecular weight is 172 g/mol. The number of hydrogen-bond donors (Lipinski definition) is 0. The Morgan fingerprint density at radius 3 is 2.73 bits per heavy atom. The van der Waals surface area contributed by atoms with Gasteiger partial charge in [-0.05, 0) is 24.6 Å². The summed E-state index contributed by atoms with van der Waals surface area (Å²) < 4.78 is 0.457. The molecule has 1 aromatic heterocycles. The maximum atomic E-state index is 10.8. The monoisotopic (exact) mass is 171 g/mol. The van der Waals surface area contributed by atoms with Gasteiger partial charge in [0.05, 0.1) is 5.56 Å². The van der Waals surface area contributed by atoms with Gasteiger partial charge in [-0.3, -0.25) is 4.79 Å².